The van der Waals surface area contributed by atoms with Crippen molar-refractivity contribution in [1.29, 1.82) is 0 Å². The lowest BCUT2D eigenvalue weighted by molar-refractivity contribution is 0.414. The first kappa shape index (κ1) is 21.8. The molecule has 3 rings (SSSR count). The van der Waals surface area contributed by atoms with E-state index in [4.69, 9.17) is 4.74 Å². The van der Waals surface area contributed by atoms with Crippen LogP contribution in [0, 0.1) is 0 Å². The topological polar surface area (TPSA) is 105 Å². The van der Waals surface area contributed by atoms with Crippen molar-refractivity contribution in [3.63, 3.8) is 0 Å². The van der Waals surface area contributed by atoms with Gasteiger partial charge in [-0.2, -0.15) is 0 Å². The van der Waals surface area contributed by atoms with Gasteiger partial charge in [-0.15, -0.1) is 0 Å². The molecule has 0 N–H and O–H groups in total. The van der Waals surface area contributed by atoms with Gasteiger partial charge in [-0.05, 0) is 37.1 Å². The van der Waals surface area contributed by atoms with Crippen LogP contribution < -0.4 is 16.0 Å². The van der Waals surface area contributed by atoms with E-state index in [1.165, 1.54) is 35.9 Å². The molecule has 0 aliphatic carbocycles. The number of fused-ring (bicyclic) bond motifs is 1. The lowest BCUT2D eigenvalue weighted by Gasteiger charge is -2.12. The summed E-state index contributed by atoms with van der Waals surface area (Å²) >= 11 is 0. The van der Waals surface area contributed by atoms with Gasteiger partial charge in [0.1, 0.15) is 12.1 Å². The summed E-state index contributed by atoms with van der Waals surface area (Å²) in [4.78, 5) is 30.2. The minimum absolute atomic E-state index is 0.00610. The fourth-order valence-corrected chi connectivity index (χ4v) is 4.52. The van der Waals surface area contributed by atoms with Crippen LogP contribution in [0.5, 0.6) is 5.75 Å². The monoisotopic (exact) mass is 434 g/mol. The van der Waals surface area contributed by atoms with Crippen LogP contribution in [0.1, 0.15) is 39.5 Å². The molecule has 0 radical (unpaired) electrons. The SMILES string of the molecule is CCCCn1c(=O)c2c(ncn2S(=O)(=O)c2ccc(OC)cc2)n(CCCC)c1=O. The van der Waals surface area contributed by atoms with Gasteiger partial charge < -0.3 is 4.74 Å². The molecule has 0 aliphatic rings. The Morgan fingerprint density at radius 2 is 1.57 bits per heavy atom. The maximum absolute atomic E-state index is 13.2. The van der Waals surface area contributed by atoms with Crippen LogP contribution in [0.3, 0.4) is 0 Å². The third kappa shape index (κ3) is 3.79. The van der Waals surface area contributed by atoms with Crippen LogP contribution in [0.15, 0.2) is 45.1 Å². The molecule has 30 heavy (non-hydrogen) atoms. The number of nitrogens with zero attached hydrogens (tertiary/aromatic N) is 4. The zero-order valence-corrected chi connectivity index (χ0v) is 18.2. The van der Waals surface area contributed by atoms with Crippen molar-refractivity contribution >= 4 is 21.2 Å². The summed E-state index contributed by atoms with van der Waals surface area (Å²) in [6.45, 7) is 4.53. The molecular weight excluding hydrogens is 408 g/mol. The summed E-state index contributed by atoms with van der Waals surface area (Å²) < 4.78 is 34.9. The van der Waals surface area contributed by atoms with Gasteiger partial charge in [0.25, 0.3) is 15.6 Å². The van der Waals surface area contributed by atoms with E-state index in [0.717, 1.165) is 27.7 Å². The first-order valence-corrected chi connectivity index (χ1v) is 11.4. The van der Waals surface area contributed by atoms with Crippen molar-refractivity contribution in [3.8, 4) is 5.75 Å². The van der Waals surface area contributed by atoms with E-state index < -0.39 is 21.3 Å². The second-order valence-electron chi connectivity index (χ2n) is 6.99. The molecule has 3 aromatic rings. The summed E-state index contributed by atoms with van der Waals surface area (Å²) in [7, 11) is -2.60. The van der Waals surface area contributed by atoms with Crippen LogP contribution in [0.25, 0.3) is 11.2 Å². The second kappa shape index (κ2) is 8.86. The van der Waals surface area contributed by atoms with Gasteiger partial charge in [0, 0.05) is 13.1 Å². The summed E-state index contributed by atoms with van der Waals surface area (Å²) in [6, 6.07) is 5.87. The standard InChI is InChI=1S/C20H26N4O5S/c1-4-6-12-22-18-17(19(25)23(20(22)26)13-7-5-2)24(14-21-18)30(27,28)16-10-8-15(29-3)9-11-16/h8-11,14H,4-7,12-13H2,1-3H3. The van der Waals surface area contributed by atoms with Gasteiger partial charge >= 0.3 is 5.69 Å². The van der Waals surface area contributed by atoms with Crippen LogP contribution in [-0.2, 0) is 23.1 Å². The number of unbranched alkanes of at least 4 members (excludes halogenated alkanes) is 2. The number of hydrogen-bond donors (Lipinski definition) is 0. The lowest BCUT2D eigenvalue weighted by atomic mass is 10.3. The van der Waals surface area contributed by atoms with Crippen molar-refractivity contribution in [2.24, 2.45) is 0 Å². The fourth-order valence-electron chi connectivity index (χ4n) is 3.24. The Kier molecular flexibility index (Phi) is 6.45. The smallest absolute Gasteiger partial charge is 0.332 e. The minimum atomic E-state index is -4.09. The third-order valence-electron chi connectivity index (χ3n) is 4.97. The summed E-state index contributed by atoms with van der Waals surface area (Å²) in [5.41, 5.74) is -1.13. The van der Waals surface area contributed by atoms with Gasteiger partial charge in [-0.3, -0.25) is 13.9 Å². The zero-order valence-electron chi connectivity index (χ0n) is 17.4. The van der Waals surface area contributed by atoms with Crippen molar-refractivity contribution in [2.45, 2.75) is 57.5 Å². The van der Waals surface area contributed by atoms with Crippen LogP contribution in [-0.4, -0.2) is 33.6 Å². The number of aryl methyl sites for hydroxylation is 1. The molecule has 9 nitrogen and oxygen atoms in total. The first-order valence-electron chi connectivity index (χ1n) is 9.97. The highest BCUT2D eigenvalue weighted by molar-refractivity contribution is 7.90. The predicted molar refractivity (Wildman–Crippen MR) is 114 cm³/mol. The van der Waals surface area contributed by atoms with Gasteiger partial charge in [0.15, 0.2) is 11.2 Å². The maximum Gasteiger partial charge on any atom is 0.332 e. The van der Waals surface area contributed by atoms with Gasteiger partial charge in [-0.1, -0.05) is 26.7 Å². The Morgan fingerprint density at radius 1 is 0.967 bits per heavy atom. The first-order chi connectivity index (χ1) is 14.4. The molecule has 0 bridgehead atoms. The molecule has 0 atom stereocenters. The quantitative estimate of drug-likeness (QED) is 0.511. The highest BCUT2D eigenvalue weighted by Gasteiger charge is 2.25. The summed E-state index contributed by atoms with van der Waals surface area (Å²) in [5, 5.41) is 0. The van der Waals surface area contributed by atoms with Crippen LogP contribution in [0.4, 0.5) is 0 Å². The maximum atomic E-state index is 13.2. The van der Waals surface area contributed by atoms with Crippen LogP contribution >= 0.6 is 0 Å². The molecule has 0 unspecified atom stereocenters. The highest BCUT2D eigenvalue weighted by atomic mass is 32.2. The molecule has 0 saturated carbocycles. The van der Waals surface area contributed by atoms with E-state index in [2.05, 4.69) is 4.98 Å². The largest absolute Gasteiger partial charge is 0.497 e. The number of ether oxygens (including phenoxy) is 1. The number of aromatic nitrogens is 4. The molecule has 2 aromatic heterocycles. The predicted octanol–water partition coefficient (Wildman–Crippen LogP) is 2.21. The molecule has 0 fully saturated rings. The number of rotatable bonds is 9. The normalized spacial score (nSPS) is 11.8. The van der Waals surface area contributed by atoms with E-state index in [1.54, 1.807) is 0 Å². The molecule has 2 heterocycles. The molecule has 162 valence electrons. The van der Waals surface area contributed by atoms with E-state index >= 15 is 0 Å². The average Bonchev–Trinajstić information content (AvgIpc) is 3.20. The summed E-state index contributed by atoms with van der Waals surface area (Å²) in [5.74, 6) is 0.514. The molecular formula is C20H26N4O5S. The van der Waals surface area contributed by atoms with E-state index in [-0.39, 0.29) is 22.6 Å². The van der Waals surface area contributed by atoms with E-state index in [0.29, 0.717) is 25.1 Å². The van der Waals surface area contributed by atoms with Crippen molar-refractivity contribution < 1.29 is 13.2 Å². The van der Waals surface area contributed by atoms with Gasteiger partial charge in [0.2, 0.25) is 0 Å². The Labute approximate surface area is 174 Å². The highest BCUT2D eigenvalue weighted by Crippen LogP contribution is 2.20. The molecule has 1 aromatic carbocycles. The van der Waals surface area contributed by atoms with E-state index in [9.17, 15) is 18.0 Å². The van der Waals surface area contributed by atoms with Crippen LogP contribution in [0.2, 0.25) is 0 Å². The Hall–Kier alpha value is -2.88. The fraction of sp³-hybridized carbons (Fsp3) is 0.450. The lowest BCUT2D eigenvalue weighted by Crippen LogP contribution is -2.41. The summed E-state index contributed by atoms with van der Waals surface area (Å²) in [6.07, 6.45) is 4.07. The van der Waals surface area contributed by atoms with Crippen molar-refractivity contribution in [2.75, 3.05) is 7.11 Å². The Bertz CT molecular complexity index is 1250. The molecule has 10 heteroatoms. The minimum Gasteiger partial charge on any atom is -0.497 e. The molecule has 0 saturated heterocycles. The van der Waals surface area contributed by atoms with E-state index in [1.807, 2.05) is 13.8 Å². The number of benzene rings is 1. The number of hydrogen-bond acceptors (Lipinski definition) is 6. The average molecular weight is 435 g/mol. The molecule has 0 spiro atoms. The Balaban J connectivity index is 2.28. The van der Waals surface area contributed by atoms with Gasteiger partial charge in [-0.25, -0.2) is 22.2 Å². The molecule has 0 aliphatic heterocycles. The number of imidazole rings is 1. The zero-order chi connectivity index (χ0) is 21.9. The van der Waals surface area contributed by atoms with Crippen molar-refractivity contribution in [3.05, 3.63) is 51.4 Å². The van der Waals surface area contributed by atoms with Gasteiger partial charge in [0.05, 0.1) is 12.0 Å². The molecule has 0 amide bonds. The number of methoxy groups -OCH3 is 1. The van der Waals surface area contributed by atoms with Crippen molar-refractivity contribution in [1.82, 2.24) is 18.1 Å². The second-order valence-corrected chi connectivity index (χ2v) is 8.81. The third-order valence-corrected chi connectivity index (χ3v) is 6.63. The Morgan fingerprint density at radius 3 is 2.13 bits per heavy atom.